The van der Waals surface area contributed by atoms with Crippen molar-refractivity contribution in [2.45, 2.75) is 0 Å². The Morgan fingerprint density at radius 1 is 1.36 bits per heavy atom. The number of hydrogen-bond acceptors (Lipinski definition) is 4. The highest BCUT2D eigenvalue weighted by Gasteiger charge is 2.09. The molecule has 5 N–H and O–H groups in total. The molecule has 1 aromatic rings. The highest BCUT2D eigenvalue weighted by Crippen LogP contribution is 2.28. The van der Waals surface area contributed by atoms with E-state index >= 15 is 0 Å². The van der Waals surface area contributed by atoms with Crippen molar-refractivity contribution in [1.82, 2.24) is 0 Å². The van der Waals surface area contributed by atoms with Crippen LogP contribution in [0.2, 0.25) is 0 Å². The molecule has 0 aliphatic heterocycles. The topological polar surface area (TPSA) is 104 Å². The molecule has 5 nitrogen and oxygen atoms in total. The van der Waals surface area contributed by atoms with Gasteiger partial charge < -0.3 is 20.5 Å². The maximum absolute atomic E-state index is 10.7. The average molecular weight is 215 g/mol. The van der Waals surface area contributed by atoms with Gasteiger partial charge in [-0.3, -0.25) is 0 Å². The maximum atomic E-state index is 10.7. The SMILES string of the molecule is N/C=C(/c1ccc(O)c(O)c1)S(=O)O. The Morgan fingerprint density at radius 2 is 2.00 bits per heavy atom. The Balaban J connectivity index is 3.20. The van der Waals surface area contributed by atoms with Crippen LogP contribution in [0.3, 0.4) is 0 Å². The fourth-order valence-corrected chi connectivity index (χ4v) is 1.38. The van der Waals surface area contributed by atoms with Gasteiger partial charge in [0, 0.05) is 6.20 Å². The number of phenolic OH excluding ortho intramolecular Hbond substituents is 2. The van der Waals surface area contributed by atoms with Crippen molar-refractivity contribution in [1.29, 1.82) is 0 Å². The molecule has 0 spiro atoms. The molecule has 0 amide bonds. The minimum atomic E-state index is -2.23. The van der Waals surface area contributed by atoms with Gasteiger partial charge >= 0.3 is 0 Å². The molecular weight excluding hydrogens is 206 g/mol. The summed E-state index contributed by atoms with van der Waals surface area (Å²) in [7, 11) is 0. The number of hydrogen-bond donors (Lipinski definition) is 4. The Morgan fingerprint density at radius 3 is 2.43 bits per heavy atom. The van der Waals surface area contributed by atoms with Gasteiger partial charge in [-0.15, -0.1) is 0 Å². The van der Waals surface area contributed by atoms with Gasteiger partial charge in [0.2, 0.25) is 0 Å². The van der Waals surface area contributed by atoms with Gasteiger partial charge in [0.25, 0.3) is 0 Å². The van der Waals surface area contributed by atoms with Gasteiger partial charge in [0.15, 0.2) is 22.6 Å². The van der Waals surface area contributed by atoms with Crippen LogP contribution in [0.25, 0.3) is 4.91 Å². The van der Waals surface area contributed by atoms with E-state index in [0.717, 1.165) is 12.3 Å². The summed E-state index contributed by atoms with van der Waals surface area (Å²) in [5.74, 6) is -0.666. The highest BCUT2D eigenvalue weighted by atomic mass is 32.2. The first-order chi connectivity index (χ1) is 6.56. The molecule has 0 saturated carbocycles. The summed E-state index contributed by atoms with van der Waals surface area (Å²) in [6.45, 7) is 0. The van der Waals surface area contributed by atoms with E-state index in [2.05, 4.69) is 0 Å². The van der Waals surface area contributed by atoms with Crippen molar-refractivity contribution in [2.75, 3.05) is 0 Å². The zero-order valence-corrected chi connectivity index (χ0v) is 7.86. The number of benzene rings is 1. The zero-order chi connectivity index (χ0) is 10.7. The molecule has 76 valence electrons. The van der Waals surface area contributed by atoms with E-state index in [4.69, 9.17) is 20.5 Å². The van der Waals surface area contributed by atoms with Gasteiger partial charge in [-0.25, -0.2) is 4.21 Å². The molecule has 1 atom stereocenters. The van der Waals surface area contributed by atoms with Gasteiger partial charge in [-0.2, -0.15) is 0 Å². The second-order valence-corrected chi connectivity index (χ2v) is 3.42. The van der Waals surface area contributed by atoms with Crippen LogP contribution in [0.4, 0.5) is 0 Å². The Hall–Kier alpha value is -1.53. The van der Waals surface area contributed by atoms with E-state index < -0.39 is 11.1 Å². The summed E-state index contributed by atoms with van der Waals surface area (Å²) in [4.78, 5) is -0.0275. The second-order valence-electron chi connectivity index (χ2n) is 2.48. The van der Waals surface area contributed by atoms with Crippen LogP contribution in [0.5, 0.6) is 11.5 Å². The second kappa shape index (κ2) is 4.12. The third-order valence-electron chi connectivity index (χ3n) is 1.60. The minimum absolute atomic E-state index is 0.0275. The quantitative estimate of drug-likeness (QED) is 0.426. The largest absolute Gasteiger partial charge is 0.504 e. The van der Waals surface area contributed by atoms with E-state index in [1.807, 2.05) is 0 Å². The number of nitrogens with two attached hydrogens (primary N) is 1. The standard InChI is InChI=1S/C8H9NO4S/c9-4-8(14(12)13)5-1-2-6(10)7(11)3-5/h1-4,10-11H,9H2,(H,12,13)/b8-4-. The molecule has 0 saturated heterocycles. The van der Waals surface area contributed by atoms with E-state index in [9.17, 15) is 4.21 Å². The predicted octanol–water partition coefficient (Wildman–Crippen LogP) is 0.577. The third kappa shape index (κ3) is 2.04. The first-order valence-corrected chi connectivity index (χ1v) is 4.72. The van der Waals surface area contributed by atoms with Crippen LogP contribution in [-0.4, -0.2) is 19.0 Å². The smallest absolute Gasteiger partial charge is 0.188 e. The summed E-state index contributed by atoms with van der Waals surface area (Å²) < 4.78 is 19.6. The molecule has 14 heavy (non-hydrogen) atoms. The van der Waals surface area contributed by atoms with Crippen molar-refractivity contribution in [3.8, 4) is 11.5 Å². The monoisotopic (exact) mass is 215 g/mol. The van der Waals surface area contributed by atoms with Gasteiger partial charge in [-0.1, -0.05) is 0 Å². The van der Waals surface area contributed by atoms with Gasteiger partial charge in [0.1, 0.15) is 0 Å². The molecule has 1 rings (SSSR count). The number of rotatable bonds is 2. The first-order valence-electron chi connectivity index (χ1n) is 3.61. The molecule has 1 unspecified atom stereocenters. The summed E-state index contributed by atoms with van der Waals surface area (Å²) in [6, 6.07) is 3.74. The molecule has 0 bridgehead atoms. The van der Waals surface area contributed by atoms with E-state index in [1.165, 1.54) is 12.1 Å². The Bertz CT molecular complexity index is 402. The van der Waals surface area contributed by atoms with E-state index in [1.54, 1.807) is 0 Å². The molecule has 0 heterocycles. The average Bonchev–Trinajstić information content (AvgIpc) is 2.11. The molecule has 0 aliphatic carbocycles. The summed E-state index contributed by atoms with van der Waals surface area (Å²) in [5.41, 5.74) is 5.42. The van der Waals surface area contributed by atoms with Crippen molar-refractivity contribution in [2.24, 2.45) is 5.73 Å². The lowest BCUT2D eigenvalue weighted by atomic mass is 10.2. The summed E-state index contributed by atoms with van der Waals surface area (Å²) in [6.07, 6.45) is 0.974. The zero-order valence-electron chi connectivity index (χ0n) is 7.04. The molecule has 1 aromatic carbocycles. The van der Waals surface area contributed by atoms with Gasteiger partial charge in [0.05, 0.1) is 4.91 Å². The highest BCUT2D eigenvalue weighted by molar-refractivity contribution is 7.89. The molecule has 0 aliphatic rings. The third-order valence-corrected chi connectivity index (χ3v) is 2.35. The Labute approximate surface area is 82.8 Å². The molecular formula is C8H9NO4S. The summed E-state index contributed by atoms with van der Waals surface area (Å²) in [5, 5.41) is 18.1. The lowest BCUT2D eigenvalue weighted by Gasteiger charge is -2.03. The Kier molecular flexibility index (Phi) is 3.10. The van der Waals surface area contributed by atoms with Crippen LogP contribution in [0.1, 0.15) is 5.56 Å². The molecule has 6 heteroatoms. The van der Waals surface area contributed by atoms with Crippen molar-refractivity contribution in [3.63, 3.8) is 0 Å². The first kappa shape index (κ1) is 10.6. The molecule has 0 aromatic heterocycles. The maximum Gasteiger partial charge on any atom is 0.188 e. The minimum Gasteiger partial charge on any atom is -0.504 e. The van der Waals surface area contributed by atoms with Crippen LogP contribution in [-0.2, 0) is 11.1 Å². The predicted molar refractivity (Wildman–Crippen MR) is 52.7 cm³/mol. The van der Waals surface area contributed by atoms with Crippen LogP contribution >= 0.6 is 0 Å². The summed E-state index contributed by atoms with van der Waals surface area (Å²) >= 11 is -2.23. The van der Waals surface area contributed by atoms with Crippen LogP contribution < -0.4 is 5.73 Å². The van der Waals surface area contributed by atoms with Gasteiger partial charge in [-0.05, 0) is 23.8 Å². The molecule has 0 radical (unpaired) electrons. The number of phenols is 2. The fourth-order valence-electron chi connectivity index (χ4n) is 0.932. The lowest BCUT2D eigenvalue weighted by molar-refractivity contribution is 0.403. The van der Waals surface area contributed by atoms with Crippen molar-refractivity contribution < 1.29 is 19.0 Å². The lowest BCUT2D eigenvalue weighted by Crippen LogP contribution is -1.96. The van der Waals surface area contributed by atoms with Crippen molar-refractivity contribution >= 4 is 16.0 Å². The number of aromatic hydroxyl groups is 2. The van der Waals surface area contributed by atoms with Crippen molar-refractivity contribution in [3.05, 3.63) is 30.0 Å². The normalized spacial score (nSPS) is 13.9. The van der Waals surface area contributed by atoms with E-state index in [0.29, 0.717) is 0 Å². The molecule has 0 fully saturated rings. The fraction of sp³-hybridized carbons (Fsp3) is 0. The van der Waals surface area contributed by atoms with Crippen LogP contribution in [0.15, 0.2) is 24.4 Å². The van der Waals surface area contributed by atoms with E-state index in [-0.39, 0.29) is 22.0 Å². The van der Waals surface area contributed by atoms with Crippen LogP contribution in [0, 0.1) is 0 Å².